The van der Waals surface area contributed by atoms with Crippen LogP contribution in [0.1, 0.15) is 142 Å². The van der Waals surface area contributed by atoms with Crippen LogP contribution in [0.25, 0.3) is 0 Å². The Balaban J connectivity index is 2.30. The predicted molar refractivity (Wildman–Crippen MR) is 206 cm³/mol. The number of rotatable bonds is 32. The zero-order valence-electron chi connectivity index (χ0n) is 31.8. The van der Waals surface area contributed by atoms with Crippen molar-refractivity contribution in [3.8, 4) is 0 Å². The molecule has 0 aliphatic heterocycles. The molecule has 1 aliphatic rings. The van der Waals surface area contributed by atoms with Gasteiger partial charge in [0.05, 0.1) is 12.7 Å². The number of allylic oxidation sites excluding steroid dienone is 9. The molecule has 0 saturated carbocycles. The van der Waals surface area contributed by atoms with Crippen molar-refractivity contribution in [2.24, 2.45) is 11.8 Å². The zero-order chi connectivity index (χ0) is 38.3. The maximum absolute atomic E-state index is 12.5. The summed E-state index contributed by atoms with van der Waals surface area (Å²) < 4.78 is 26.3. The van der Waals surface area contributed by atoms with Gasteiger partial charge in [0.25, 0.3) is 0 Å². The summed E-state index contributed by atoms with van der Waals surface area (Å²) in [5.74, 6) is -1.30. The first kappa shape index (κ1) is 47.4. The van der Waals surface area contributed by atoms with Crippen molar-refractivity contribution in [3.63, 3.8) is 0 Å². The van der Waals surface area contributed by atoms with Gasteiger partial charge >= 0.3 is 19.8 Å². The Morgan fingerprint density at radius 2 is 1.40 bits per heavy atom. The van der Waals surface area contributed by atoms with Gasteiger partial charge in [0.15, 0.2) is 11.9 Å². The minimum atomic E-state index is -4.81. The highest BCUT2D eigenvalue weighted by Crippen LogP contribution is 2.36. The number of phosphoric acid groups is 1. The van der Waals surface area contributed by atoms with Crippen LogP contribution in [0.5, 0.6) is 0 Å². The fourth-order valence-corrected chi connectivity index (χ4v) is 6.05. The Bertz CT molecular complexity index is 1170. The molecule has 11 heteroatoms. The zero-order valence-corrected chi connectivity index (χ0v) is 32.7. The van der Waals surface area contributed by atoms with E-state index in [1.807, 2.05) is 24.3 Å². The molecular weight excluding hydrogens is 683 g/mol. The van der Waals surface area contributed by atoms with Gasteiger partial charge in [0, 0.05) is 18.8 Å². The Labute approximate surface area is 313 Å². The highest BCUT2D eigenvalue weighted by atomic mass is 31.2. The summed E-state index contributed by atoms with van der Waals surface area (Å²) in [5.41, 5.74) is 0. The van der Waals surface area contributed by atoms with Crippen molar-refractivity contribution in [1.82, 2.24) is 0 Å². The van der Waals surface area contributed by atoms with Crippen molar-refractivity contribution < 1.29 is 47.8 Å². The average Bonchev–Trinajstić information content (AvgIpc) is 3.46. The summed E-state index contributed by atoms with van der Waals surface area (Å²) in [6, 6.07) is 0. The maximum atomic E-state index is 12.5. The van der Waals surface area contributed by atoms with Crippen molar-refractivity contribution >= 4 is 25.5 Å². The molecule has 0 spiro atoms. The second-order valence-electron chi connectivity index (χ2n) is 13.6. The van der Waals surface area contributed by atoms with Gasteiger partial charge in [-0.25, -0.2) is 4.57 Å². The first-order chi connectivity index (χ1) is 25.1. The van der Waals surface area contributed by atoms with E-state index in [0.717, 1.165) is 64.2 Å². The molecule has 0 saturated heterocycles. The van der Waals surface area contributed by atoms with Gasteiger partial charge in [-0.2, -0.15) is 0 Å². The van der Waals surface area contributed by atoms with E-state index < -0.39 is 38.6 Å². The number of carbonyl (C=O) groups is 3. The highest BCUT2D eigenvalue weighted by Gasteiger charge is 2.27. The first-order valence-electron chi connectivity index (χ1n) is 19.6. The molecule has 0 amide bonds. The van der Waals surface area contributed by atoms with Crippen LogP contribution < -0.4 is 0 Å². The van der Waals surface area contributed by atoms with E-state index in [0.29, 0.717) is 32.1 Å². The highest BCUT2D eigenvalue weighted by molar-refractivity contribution is 7.46. The number of hydrogen-bond acceptors (Lipinski definition) is 8. The molecule has 1 aliphatic carbocycles. The number of aliphatic hydroxyl groups excluding tert-OH is 1. The van der Waals surface area contributed by atoms with Crippen molar-refractivity contribution in [3.05, 3.63) is 60.8 Å². The second kappa shape index (κ2) is 30.8. The number of carbonyl (C=O) groups excluding carboxylic acids is 3. The van der Waals surface area contributed by atoms with Gasteiger partial charge in [-0.15, -0.1) is 0 Å². The van der Waals surface area contributed by atoms with E-state index in [1.54, 1.807) is 12.2 Å². The number of hydrogen-bond donors (Lipinski definition) is 3. The van der Waals surface area contributed by atoms with Crippen molar-refractivity contribution in [2.45, 2.75) is 154 Å². The molecule has 0 aromatic rings. The molecular formula is C41H67O10P. The number of aliphatic hydroxyl groups is 1. The minimum Gasteiger partial charge on any atom is -0.462 e. The minimum absolute atomic E-state index is 0.0142. The SMILES string of the molecule is CCCCC/C=C\C/C=C\CCCCCCCC(=O)OC[C@H](COP(=O)(O)O)OC(=O)CCC/C=C\C[C@H]1C=CC(=O)[C@@H]1/C=C/[C@@H](O)CCCCC. The predicted octanol–water partition coefficient (Wildman–Crippen LogP) is 9.35. The van der Waals surface area contributed by atoms with Crippen LogP contribution in [-0.4, -0.2) is 58.0 Å². The van der Waals surface area contributed by atoms with Crippen LogP contribution >= 0.6 is 7.82 Å². The van der Waals surface area contributed by atoms with Crippen molar-refractivity contribution in [2.75, 3.05) is 13.2 Å². The fraction of sp³-hybridized carbons (Fsp3) is 0.683. The summed E-state index contributed by atoms with van der Waals surface area (Å²) in [6.07, 6.45) is 35.7. The van der Waals surface area contributed by atoms with Gasteiger partial charge in [0.1, 0.15) is 6.61 Å². The smallest absolute Gasteiger partial charge is 0.462 e. The standard InChI is InChI=1S/C41H67O10P/c1-3-5-7-8-9-10-11-12-13-14-15-16-17-18-23-27-40(44)49-33-37(34-50-52(46,47)48)51-41(45)28-24-20-19-22-25-35-29-32-39(43)38(35)31-30-36(42)26-21-6-4-2/h9-10,12-13,19,22,29-32,35-38,42H,3-8,11,14-18,20-21,23-28,33-34H2,1-2H3,(H2,46,47,48)/b10-9-,13-12-,22-19-,31-30+/t35-,36-,37+,38+/m0/s1. The molecule has 0 heterocycles. The van der Waals surface area contributed by atoms with Crippen molar-refractivity contribution in [1.29, 1.82) is 0 Å². The fourth-order valence-electron chi connectivity index (χ4n) is 5.69. The lowest BCUT2D eigenvalue weighted by Gasteiger charge is -2.18. The van der Waals surface area contributed by atoms with E-state index in [2.05, 4.69) is 42.7 Å². The summed E-state index contributed by atoms with van der Waals surface area (Å²) in [6.45, 7) is 3.36. The van der Waals surface area contributed by atoms with Gasteiger partial charge in [-0.05, 0) is 76.2 Å². The third kappa shape index (κ3) is 27.1. The molecule has 0 radical (unpaired) electrons. The number of ketones is 1. The lowest BCUT2D eigenvalue weighted by molar-refractivity contribution is -0.161. The molecule has 4 atom stereocenters. The van der Waals surface area contributed by atoms with E-state index in [4.69, 9.17) is 19.3 Å². The normalized spacial score (nSPS) is 17.7. The summed E-state index contributed by atoms with van der Waals surface area (Å²) in [4.78, 5) is 55.2. The molecule has 296 valence electrons. The van der Waals surface area contributed by atoms with Crippen LogP contribution in [0, 0.1) is 11.8 Å². The van der Waals surface area contributed by atoms with Gasteiger partial charge in [-0.3, -0.25) is 18.9 Å². The van der Waals surface area contributed by atoms with E-state index in [1.165, 1.54) is 19.3 Å². The first-order valence-corrected chi connectivity index (χ1v) is 21.2. The van der Waals surface area contributed by atoms with Crippen LogP contribution in [-0.2, 0) is 32.9 Å². The maximum Gasteiger partial charge on any atom is 0.469 e. The molecule has 52 heavy (non-hydrogen) atoms. The third-order valence-electron chi connectivity index (χ3n) is 8.76. The second-order valence-corrected chi connectivity index (χ2v) is 14.8. The Hall–Kier alpha value is -2.62. The number of ether oxygens (including phenoxy) is 2. The molecule has 3 N–H and O–H groups in total. The topological polar surface area (TPSA) is 157 Å². The lowest BCUT2D eigenvalue weighted by atomic mass is 9.90. The number of esters is 2. The van der Waals surface area contributed by atoms with E-state index >= 15 is 0 Å². The van der Waals surface area contributed by atoms with Gasteiger partial charge in [-0.1, -0.05) is 120 Å². The quantitative estimate of drug-likeness (QED) is 0.0262. The average molecular weight is 751 g/mol. The Kier molecular flexibility index (Phi) is 28.1. The Morgan fingerprint density at radius 3 is 2.12 bits per heavy atom. The van der Waals surface area contributed by atoms with Crippen LogP contribution in [0.2, 0.25) is 0 Å². The van der Waals surface area contributed by atoms with Gasteiger partial charge < -0.3 is 24.4 Å². The molecule has 10 nitrogen and oxygen atoms in total. The number of phosphoric ester groups is 1. The molecule has 1 rings (SSSR count). The summed E-state index contributed by atoms with van der Waals surface area (Å²) >= 11 is 0. The lowest BCUT2D eigenvalue weighted by Crippen LogP contribution is -2.29. The third-order valence-corrected chi connectivity index (χ3v) is 9.24. The number of unbranched alkanes of at least 4 members (excludes halogenated alkanes) is 11. The van der Waals surface area contributed by atoms with E-state index in [9.17, 15) is 24.1 Å². The van der Waals surface area contributed by atoms with E-state index in [-0.39, 0.29) is 37.1 Å². The molecule has 0 fully saturated rings. The summed E-state index contributed by atoms with van der Waals surface area (Å²) in [5, 5.41) is 10.2. The van der Waals surface area contributed by atoms with Crippen LogP contribution in [0.3, 0.4) is 0 Å². The molecule has 0 aromatic heterocycles. The molecule has 0 bridgehead atoms. The monoisotopic (exact) mass is 750 g/mol. The van der Waals surface area contributed by atoms with Crippen LogP contribution in [0.4, 0.5) is 0 Å². The molecule has 0 unspecified atom stereocenters. The van der Waals surface area contributed by atoms with Crippen LogP contribution in [0.15, 0.2) is 60.8 Å². The Morgan fingerprint density at radius 1 is 0.788 bits per heavy atom. The molecule has 0 aromatic carbocycles. The largest absolute Gasteiger partial charge is 0.469 e. The summed E-state index contributed by atoms with van der Waals surface area (Å²) in [7, 11) is -4.81. The van der Waals surface area contributed by atoms with Gasteiger partial charge in [0.2, 0.25) is 0 Å².